The first-order valence-electron chi connectivity index (χ1n) is 10.8. The second-order valence-electron chi connectivity index (χ2n) is 8.46. The number of aryl methyl sites for hydroxylation is 1. The molecule has 0 radical (unpaired) electrons. The third-order valence-corrected chi connectivity index (χ3v) is 6.43. The van der Waals surface area contributed by atoms with E-state index in [0.717, 1.165) is 35.5 Å². The van der Waals surface area contributed by atoms with Gasteiger partial charge in [0, 0.05) is 31.5 Å². The minimum atomic E-state index is -0.168. The number of hydrogen-bond donors (Lipinski definition) is 2. The highest BCUT2D eigenvalue weighted by atomic mass is 35.5. The summed E-state index contributed by atoms with van der Waals surface area (Å²) in [6.45, 7) is 3.05. The van der Waals surface area contributed by atoms with Gasteiger partial charge in [-0.1, -0.05) is 24.1 Å². The quantitative estimate of drug-likeness (QED) is 0.553. The van der Waals surface area contributed by atoms with E-state index in [-0.39, 0.29) is 11.9 Å². The Balaban J connectivity index is 1.28. The van der Waals surface area contributed by atoms with Gasteiger partial charge in [0.25, 0.3) is 0 Å². The maximum Gasteiger partial charge on any atom is 0.247 e. The summed E-state index contributed by atoms with van der Waals surface area (Å²) in [5.41, 5.74) is 3.48. The molecule has 1 amide bonds. The van der Waals surface area contributed by atoms with Gasteiger partial charge >= 0.3 is 0 Å². The molecule has 1 aliphatic carbocycles. The zero-order chi connectivity index (χ0) is 22.2. The highest BCUT2D eigenvalue weighted by Gasteiger charge is 2.40. The van der Waals surface area contributed by atoms with Crippen molar-refractivity contribution in [2.24, 2.45) is 5.92 Å². The van der Waals surface area contributed by atoms with Crippen LogP contribution in [0.3, 0.4) is 0 Å². The Kier molecular flexibility index (Phi) is 5.42. The summed E-state index contributed by atoms with van der Waals surface area (Å²) in [6.07, 6.45) is 8.91. The van der Waals surface area contributed by atoms with Crippen LogP contribution in [0.5, 0.6) is 0 Å². The Morgan fingerprint density at radius 3 is 2.78 bits per heavy atom. The Labute approximate surface area is 191 Å². The average Bonchev–Trinajstić information content (AvgIpc) is 3.18. The van der Waals surface area contributed by atoms with Gasteiger partial charge in [-0.3, -0.25) is 9.48 Å². The van der Waals surface area contributed by atoms with Crippen LogP contribution >= 0.6 is 11.6 Å². The highest BCUT2D eigenvalue weighted by Crippen LogP contribution is 2.39. The molecule has 3 aromatic heterocycles. The van der Waals surface area contributed by atoms with Crippen LogP contribution in [0, 0.1) is 12.8 Å². The lowest BCUT2D eigenvalue weighted by molar-refractivity contribution is -0.119. The number of hydrogen-bond acceptors (Lipinski definition) is 7. The summed E-state index contributed by atoms with van der Waals surface area (Å²) in [4.78, 5) is 28.0. The van der Waals surface area contributed by atoms with Gasteiger partial charge in [0.15, 0.2) is 5.82 Å². The summed E-state index contributed by atoms with van der Waals surface area (Å²) in [5.74, 6) is 1.73. The second kappa shape index (κ2) is 8.38. The lowest BCUT2D eigenvalue weighted by atomic mass is 9.78. The molecular weight excluding hydrogens is 428 g/mol. The average molecular weight is 453 g/mol. The molecule has 2 aliphatic rings. The first-order valence-corrected chi connectivity index (χ1v) is 11.1. The molecule has 4 heterocycles. The summed E-state index contributed by atoms with van der Waals surface area (Å²) >= 11 is 5.85. The maximum atomic E-state index is 12.7. The van der Waals surface area contributed by atoms with Crippen LogP contribution in [0.1, 0.15) is 36.1 Å². The third kappa shape index (κ3) is 4.00. The van der Waals surface area contributed by atoms with E-state index in [2.05, 4.69) is 25.7 Å². The molecule has 0 saturated heterocycles. The summed E-state index contributed by atoms with van der Waals surface area (Å²) in [6, 6.07) is 3.54. The predicted molar refractivity (Wildman–Crippen MR) is 123 cm³/mol. The minimum absolute atomic E-state index is 0.0420. The Morgan fingerprint density at radius 2 is 2.06 bits per heavy atom. The fourth-order valence-corrected chi connectivity index (χ4v) is 4.39. The molecule has 1 saturated carbocycles. The van der Waals surface area contributed by atoms with E-state index < -0.39 is 0 Å². The molecule has 1 aliphatic heterocycles. The van der Waals surface area contributed by atoms with Crippen molar-refractivity contribution in [3.63, 3.8) is 0 Å². The van der Waals surface area contributed by atoms with E-state index in [0.29, 0.717) is 35.8 Å². The smallest absolute Gasteiger partial charge is 0.247 e. The van der Waals surface area contributed by atoms with Crippen LogP contribution in [0.4, 0.5) is 17.5 Å². The molecule has 1 fully saturated rings. The van der Waals surface area contributed by atoms with Crippen LogP contribution < -0.4 is 15.5 Å². The number of pyridine rings is 1. The van der Waals surface area contributed by atoms with E-state index in [1.54, 1.807) is 12.3 Å². The van der Waals surface area contributed by atoms with Gasteiger partial charge in [0.1, 0.15) is 16.9 Å². The van der Waals surface area contributed by atoms with Crippen LogP contribution in [-0.2, 0) is 17.9 Å². The molecule has 0 bridgehead atoms. The van der Waals surface area contributed by atoms with E-state index in [9.17, 15) is 4.79 Å². The van der Waals surface area contributed by atoms with Crippen molar-refractivity contribution in [2.75, 3.05) is 22.6 Å². The van der Waals surface area contributed by atoms with Crippen LogP contribution in [0.2, 0.25) is 5.15 Å². The SMILES string of the molecule is Cc1nc(NCc2cnn(Cc3ccc(Cl)nc3)c2)nc2c1NC(=O)[C@H](C1CCC1)N2C. The highest BCUT2D eigenvalue weighted by molar-refractivity contribution is 6.29. The van der Waals surface area contributed by atoms with Crippen molar-refractivity contribution in [3.8, 4) is 0 Å². The van der Waals surface area contributed by atoms with Gasteiger partial charge in [-0.25, -0.2) is 9.97 Å². The van der Waals surface area contributed by atoms with Gasteiger partial charge in [0.05, 0.1) is 18.4 Å². The van der Waals surface area contributed by atoms with Crippen LogP contribution in [0.15, 0.2) is 30.7 Å². The van der Waals surface area contributed by atoms with Gasteiger partial charge in [-0.05, 0) is 37.3 Å². The summed E-state index contributed by atoms with van der Waals surface area (Å²) in [5, 5.41) is 11.2. The molecule has 0 aromatic carbocycles. The van der Waals surface area contributed by atoms with E-state index in [4.69, 9.17) is 16.6 Å². The fourth-order valence-electron chi connectivity index (χ4n) is 4.28. The standard InChI is InChI=1S/C22H25ClN8O/c1-13-18-20(30(2)19(21(32)28-18)16-4-3-5-16)29-22(27-13)25-9-15-10-26-31(12-15)11-14-6-7-17(23)24-8-14/h6-8,10,12,16,19H,3-5,9,11H2,1-2H3,(H,28,32)(H,25,27,29)/t19-/m0/s1. The lowest BCUT2D eigenvalue weighted by Gasteiger charge is -2.42. The number of halogens is 1. The van der Waals surface area contributed by atoms with Crippen LogP contribution in [0.25, 0.3) is 0 Å². The Bertz CT molecular complexity index is 1140. The van der Waals surface area contributed by atoms with Gasteiger partial charge < -0.3 is 15.5 Å². The van der Waals surface area contributed by atoms with E-state index >= 15 is 0 Å². The largest absolute Gasteiger partial charge is 0.350 e. The topological polar surface area (TPSA) is 101 Å². The van der Waals surface area contributed by atoms with Gasteiger partial charge in [-0.2, -0.15) is 10.1 Å². The second-order valence-corrected chi connectivity index (χ2v) is 8.84. The number of likely N-dealkylation sites (N-methyl/N-ethyl adjacent to an activating group) is 1. The van der Waals surface area contributed by atoms with Crippen molar-refractivity contribution in [3.05, 3.63) is 52.7 Å². The van der Waals surface area contributed by atoms with Crippen molar-refractivity contribution < 1.29 is 4.79 Å². The number of nitrogens with one attached hydrogen (secondary N) is 2. The third-order valence-electron chi connectivity index (χ3n) is 6.21. The van der Waals surface area contributed by atoms with E-state index in [1.165, 1.54) is 6.42 Å². The van der Waals surface area contributed by atoms with Crippen LogP contribution in [-0.4, -0.2) is 43.7 Å². The number of rotatable bonds is 6. The fraction of sp³-hybridized carbons (Fsp3) is 0.409. The number of anilines is 3. The first-order chi connectivity index (χ1) is 15.5. The zero-order valence-corrected chi connectivity index (χ0v) is 18.8. The molecule has 0 spiro atoms. The number of carbonyl (C=O) groups excluding carboxylic acids is 1. The molecule has 3 aromatic rings. The molecule has 1 atom stereocenters. The molecule has 2 N–H and O–H groups in total. The molecule has 32 heavy (non-hydrogen) atoms. The monoisotopic (exact) mass is 452 g/mol. The zero-order valence-electron chi connectivity index (χ0n) is 18.0. The number of nitrogens with zero attached hydrogens (tertiary/aromatic N) is 6. The lowest BCUT2D eigenvalue weighted by Crippen LogP contribution is -2.52. The number of fused-ring (bicyclic) bond motifs is 1. The summed E-state index contributed by atoms with van der Waals surface area (Å²) in [7, 11) is 1.95. The minimum Gasteiger partial charge on any atom is -0.350 e. The molecule has 9 nitrogen and oxygen atoms in total. The molecule has 166 valence electrons. The van der Waals surface area contributed by atoms with Crippen molar-refractivity contribution in [2.45, 2.75) is 45.3 Å². The predicted octanol–water partition coefficient (Wildman–Crippen LogP) is 3.25. The number of aromatic nitrogens is 5. The molecular formula is C22H25ClN8O. The molecule has 0 unspecified atom stereocenters. The Morgan fingerprint density at radius 1 is 1.22 bits per heavy atom. The molecule has 5 rings (SSSR count). The van der Waals surface area contributed by atoms with E-state index in [1.807, 2.05) is 42.0 Å². The van der Waals surface area contributed by atoms with Crippen molar-refractivity contribution in [1.29, 1.82) is 0 Å². The normalized spacial score (nSPS) is 18.2. The van der Waals surface area contributed by atoms with Gasteiger partial charge in [-0.15, -0.1) is 0 Å². The molecule has 10 heteroatoms. The maximum absolute atomic E-state index is 12.7. The van der Waals surface area contributed by atoms with Crippen molar-refractivity contribution in [1.82, 2.24) is 24.7 Å². The van der Waals surface area contributed by atoms with Crippen molar-refractivity contribution >= 4 is 35.0 Å². The summed E-state index contributed by atoms with van der Waals surface area (Å²) < 4.78 is 1.85. The van der Waals surface area contributed by atoms with Gasteiger partial charge in [0.2, 0.25) is 11.9 Å². The first kappa shape index (κ1) is 20.7. The number of carbonyl (C=O) groups is 1. The number of amides is 1. The Hall–Kier alpha value is -3.20.